The van der Waals surface area contributed by atoms with Gasteiger partial charge in [-0.3, -0.25) is 10.1 Å². The van der Waals surface area contributed by atoms with Crippen molar-refractivity contribution in [2.24, 2.45) is 7.05 Å². The summed E-state index contributed by atoms with van der Waals surface area (Å²) in [6, 6.07) is -0.724. The van der Waals surface area contributed by atoms with Crippen LogP contribution < -0.4 is 16.2 Å². The predicted octanol–water partition coefficient (Wildman–Crippen LogP) is 1.68. The fourth-order valence-corrected chi connectivity index (χ4v) is 2.52. The van der Waals surface area contributed by atoms with Crippen LogP contribution in [0.5, 0.6) is 0 Å². The molecule has 112 valence electrons. The molecule has 8 heteroatoms. The minimum absolute atomic E-state index is 0.00257. The quantitative estimate of drug-likeness (QED) is 0.899. The van der Waals surface area contributed by atoms with Crippen LogP contribution in [-0.2, 0) is 13.5 Å². The summed E-state index contributed by atoms with van der Waals surface area (Å²) in [5.41, 5.74) is 0.447. The Balaban J connectivity index is 2.01. The Bertz CT molecular complexity index is 694. The molecule has 2 heterocycles. The Kier molecular flexibility index (Phi) is 4.69. The van der Waals surface area contributed by atoms with Crippen LogP contribution >= 0.6 is 11.3 Å². The largest absolute Gasteiger partial charge is 0.330 e. The summed E-state index contributed by atoms with van der Waals surface area (Å²) in [5, 5.41) is 8.13. The maximum Gasteiger partial charge on any atom is 0.321 e. The van der Waals surface area contributed by atoms with Crippen molar-refractivity contribution < 1.29 is 4.79 Å². The SMILES string of the molecule is CCc1nc(C(C)NC(=O)Nc2nccn(C)c2=O)cs1. The Labute approximate surface area is 126 Å². The Hall–Kier alpha value is -2.22. The van der Waals surface area contributed by atoms with E-state index >= 15 is 0 Å². The second-order valence-corrected chi connectivity index (χ2v) is 5.47. The molecule has 2 amide bonds. The average molecular weight is 307 g/mol. The van der Waals surface area contributed by atoms with Crippen molar-refractivity contribution in [1.82, 2.24) is 19.9 Å². The maximum atomic E-state index is 11.9. The highest BCUT2D eigenvalue weighted by Gasteiger charge is 2.14. The van der Waals surface area contributed by atoms with E-state index in [2.05, 4.69) is 20.6 Å². The Morgan fingerprint density at radius 3 is 2.95 bits per heavy atom. The first-order valence-electron chi connectivity index (χ1n) is 6.54. The van der Waals surface area contributed by atoms with E-state index in [1.165, 1.54) is 17.0 Å². The van der Waals surface area contributed by atoms with Gasteiger partial charge in [0, 0.05) is 24.8 Å². The summed E-state index contributed by atoms with van der Waals surface area (Å²) in [6.07, 6.45) is 3.84. The van der Waals surface area contributed by atoms with Crippen molar-refractivity contribution in [2.75, 3.05) is 5.32 Å². The summed E-state index contributed by atoms with van der Waals surface area (Å²) in [7, 11) is 1.59. The first kappa shape index (κ1) is 15.2. The minimum atomic E-state index is -0.482. The highest BCUT2D eigenvalue weighted by Crippen LogP contribution is 2.16. The lowest BCUT2D eigenvalue weighted by Crippen LogP contribution is -2.34. The van der Waals surface area contributed by atoms with E-state index in [1.807, 2.05) is 19.2 Å². The number of aryl methyl sites for hydroxylation is 2. The molecule has 0 aliphatic rings. The smallest absolute Gasteiger partial charge is 0.321 e. The van der Waals surface area contributed by atoms with Gasteiger partial charge in [0.2, 0.25) is 5.82 Å². The van der Waals surface area contributed by atoms with Crippen molar-refractivity contribution in [1.29, 1.82) is 0 Å². The van der Waals surface area contributed by atoms with Crippen molar-refractivity contribution in [3.63, 3.8) is 0 Å². The number of hydrogen-bond acceptors (Lipinski definition) is 5. The van der Waals surface area contributed by atoms with E-state index in [0.29, 0.717) is 0 Å². The Morgan fingerprint density at radius 2 is 2.29 bits per heavy atom. The van der Waals surface area contributed by atoms with Gasteiger partial charge in [-0.05, 0) is 13.3 Å². The number of rotatable bonds is 4. The third-order valence-electron chi connectivity index (χ3n) is 2.91. The van der Waals surface area contributed by atoms with Crippen LogP contribution in [0.15, 0.2) is 22.6 Å². The van der Waals surface area contributed by atoms with E-state index in [4.69, 9.17) is 0 Å². The molecule has 0 fully saturated rings. The average Bonchev–Trinajstić information content (AvgIpc) is 2.93. The van der Waals surface area contributed by atoms with Crippen LogP contribution in [0.1, 0.15) is 30.6 Å². The van der Waals surface area contributed by atoms with Crippen molar-refractivity contribution in [3.05, 3.63) is 38.8 Å². The highest BCUT2D eigenvalue weighted by molar-refractivity contribution is 7.09. The molecule has 21 heavy (non-hydrogen) atoms. The number of nitrogens with one attached hydrogen (secondary N) is 2. The summed E-state index contributed by atoms with van der Waals surface area (Å²) >= 11 is 1.56. The van der Waals surface area contributed by atoms with Gasteiger partial charge < -0.3 is 9.88 Å². The third-order valence-corrected chi connectivity index (χ3v) is 3.92. The number of anilines is 1. The summed E-state index contributed by atoms with van der Waals surface area (Å²) in [5.74, 6) is -0.00257. The van der Waals surface area contributed by atoms with E-state index in [0.717, 1.165) is 17.1 Å². The van der Waals surface area contributed by atoms with Gasteiger partial charge in [0.15, 0.2) is 0 Å². The molecule has 0 aliphatic carbocycles. The lowest BCUT2D eigenvalue weighted by atomic mass is 10.3. The van der Waals surface area contributed by atoms with Crippen LogP contribution in [0.25, 0.3) is 0 Å². The fourth-order valence-electron chi connectivity index (χ4n) is 1.68. The molecule has 7 nitrogen and oxygen atoms in total. The van der Waals surface area contributed by atoms with E-state index < -0.39 is 6.03 Å². The number of aromatic nitrogens is 3. The third kappa shape index (κ3) is 3.66. The number of carbonyl (C=O) groups is 1. The van der Waals surface area contributed by atoms with Gasteiger partial charge in [0.25, 0.3) is 5.56 Å². The number of amides is 2. The number of thiazole rings is 1. The molecule has 0 saturated carbocycles. The number of urea groups is 1. The second kappa shape index (κ2) is 6.49. The molecular formula is C13H17N5O2S. The van der Waals surface area contributed by atoms with Crippen molar-refractivity contribution >= 4 is 23.2 Å². The molecule has 2 rings (SSSR count). The van der Waals surface area contributed by atoms with Gasteiger partial charge in [-0.15, -0.1) is 11.3 Å². The molecule has 2 N–H and O–H groups in total. The molecule has 0 radical (unpaired) electrons. The molecule has 0 aromatic carbocycles. The normalized spacial score (nSPS) is 12.0. The lowest BCUT2D eigenvalue weighted by Gasteiger charge is -2.12. The van der Waals surface area contributed by atoms with Gasteiger partial charge in [-0.1, -0.05) is 6.92 Å². The van der Waals surface area contributed by atoms with Gasteiger partial charge >= 0.3 is 6.03 Å². The van der Waals surface area contributed by atoms with Crippen LogP contribution in [0.4, 0.5) is 10.6 Å². The van der Waals surface area contributed by atoms with Crippen LogP contribution in [-0.4, -0.2) is 20.6 Å². The molecule has 0 aliphatic heterocycles. The van der Waals surface area contributed by atoms with Crippen molar-refractivity contribution in [3.8, 4) is 0 Å². The number of nitrogens with zero attached hydrogens (tertiary/aromatic N) is 3. The van der Waals surface area contributed by atoms with Gasteiger partial charge in [0.1, 0.15) is 0 Å². The zero-order valence-electron chi connectivity index (χ0n) is 12.1. The molecule has 0 saturated heterocycles. The van der Waals surface area contributed by atoms with Gasteiger partial charge in [0.05, 0.1) is 16.7 Å². The van der Waals surface area contributed by atoms with Crippen LogP contribution in [0, 0.1) is 0 Å². The first-order chi connectivity index (χ1) is 10.0. The monoisotopic (exact) mass is 307 g/mol. The lowest BCUT2D eigenvalue weighted by molar-refractivity contribution is 0.249. The molecule has 1 atom stereocenters. The summed E-state index contributed by atoms with van der Waals surface area (Å²) in [6.45, 7) is 3.87. The molecule has 1 unspecified atom stereocenters. The zero-order chi connectivity index (χ0) is 15.4. The van der Waals surface area contributed by atoms with Gasteiger partial charge in [-0.2, -0.15) is 0 Å². The van der Waals surface area contributed by atoms with Crippen LogP contribution in [0.2, 0.25) is 0 Å². The summed E-state index contributed by atoms with van der Waals surface area (Å²) < 4.78 is 1.35. The highest BCUT2D eigenvalue weighted by atomic mass is 32.1. The van der Waals surface area contributed by atoms with Crippen LogP contribution in [0.3, 0.4) is 0 Å². The predicted molar refractivity (Wildman–Crippen MR) is 81.5 cm³/mol. The maximum absolute atomic E-state index is 11.9. The zero-order valence-corrected chi connectivity index (χ0v) is 12.9. The molecule has 0 spiro atoms. The molecule has 2 aromatic rings. The van der Waals surface area contributed by atoms with E-state index in [-0.39, 0.29) is 17.4 Å². The molecular weight excluding hydrogens is 290 g/mol. The first-order valence-corrected chi connectivity index (χ1v) is 7.42. The number of carbonyl (C=O) groups excluding carboxylic acids is 1. The topological polar surface area (TPSA) is 88.9 Å². The Morgan fingerprint density at radius 1 is 1.52 bits per heavy atom. The minimum Gasteiger partial charge on any atom is -0.330 e. The molecule has 2 aromatic heterocycles. The van der Waals surface area contributed by atoms with Crippen molar-refractivity contribution in [2.45, 2.75) is 26.3 Å². The van der Waals surface area contributed by atoms with Gasteiger partial charge in [-0.25, -0.2) is 14.8 Å². The summed E-state index contributed by atoms with van der Waals surface area (Å²) in [4.78, 5) is 31.9. The van der Waals surface area contributed by atoms with E-state index in [1.54, 1.807) is 18.4 Å². The standard InChI is InChI=1S/C13H17N5O2S/c1-4-10-16-9(7-21-10)8(2)15-13(20)17-11-12(19)18(3)6-5-14-11/h5-8H,4H2,1-3H3,(H2,14,15,17,20). The molecule has 0 bridgehead atoms. The number of hydrogen-bond donors (Lipinski definition) is 2. The second-order valence-electron chi connectivity index (χ2n) is 4.53. The van der Waals surface area contributed by atoms with E-state index in [9.17, 15) is 9.59 Å². The fraction of sp³-hybridized carbons (Fsp3) is 0.385.